The Labute approximate surface area is 212 Å². The summed E-state index contributed by atoms with van der Waals surface area (Å²) in [4.78, 5) is 36.5. The highest BCUT2D eigenvalue weighted by atomic mass is 35.5. The van der Waals surface area contributed by atoms with Crippen molar-refractivity contribution in [3.63, 3.8) is 0 Å². The summed E-state index contributed by atoms with van der Waals surface area (Å²) in [6.45, 7) is 1.74. The number of fused-ring (bicyclic) bond motifs is 1. The van der Waals surface area contributed by atoms with Crippen molar-refractivity contribution in [3.05, 3.63) is 86.6 Å². The lowest BCUT2D eigenvalue weighted by atomic mass is 10.0. The van der Waals surface area contributed by atoms with Crippen LogP contribution in [0.25, 0.3) is 11.3 Å². The summed E-state index contributed by atoms with van der Waals surface area (Å²) in [6.07, 6.45) is 3.30. The van der Waals surface area contributed by atoms with Gasteiger partial charge in [-0.3, -0.25) is 14.5 Å². The highest BCUT2D eigenvalue weighted by Gasteiger charge is 2.42. The first kappa shape index (κ1) is 23.6. The van der Waals surface area contributed by atoms with E-state index in [0.717, 1.165) is 17.0 Å². The Morgan fingerprint density at radius 1 is 1.00 bits per heavy atom. The Balaban J connectivity index is 1.72. The Morgan fingerprint density at radius 2 is 1.72 bits per heavy atom. The van der Waals surface area contributed by atoms with E-state index in [9.17, 15) is 9.59 Å². The number of aromatic nitrogens is 4. The average molecular weight is 506 g/mol. The highest BCUT2D eigenvalue weighted by Crippen LogP contribution is 2.45. The molecule has 1 aliphatic rings. The third-order valence-corrected chi connectivity index (χ3v) is 6.69. The van der Waals surface area contributed by atoms with Gasteiger partial charge in [-0.15, -0.1) is 0 Å². The van der Waals surface area contributed by atoms with Crippen LogP contribution in [0, 0.1) is 6.92 Å². The van der Waals surface area contributed by atoms with Gasteiger partial charge in [0.05, 0.1) is 42.4 Å². The van der Waals surface area contributed by atoms with Crippen molar-refractivity contribution < 1.29 is 14.3 Å². The number of anilines is 1. The van der Waals surface area contributed by atoms with Crippen LogP contribution >= 0.6 is 11.6 Å². The van der Waals surface area contributed by atoms with Crippen molar-refractivity contribution in [2.45, 2.75) is 13.0 Å². The SMILES string of the molecule is COc1ncc(-c2cc3c(n2C)[C@@H](c2ccc(Cl)cc2)N(c2cc(C)c(=O)n(C)c2)C3=O)c(OC)n1. The molecule has 184 valence electrons. The number of ether oxygens (including phenoxy) is 2. The van der Waals surface area contributed by atoms with Crippen molar-refractivity contribution in [2.75, 3.05) is 19.1 Å². The van der Waals surface area contributed by atoms with E-state index in [-0.39, 0.29) is 17.5 Å². The van der Waals surface area contributed by atoms with E-state index in [4.69, 9.17) is 21.1 Å². The number of amides is 1. The monoisotopic (exact) mass is 505 g/mol. The first-order valence-corrected chi connectivity index (χ1v) is 11.5. The van der Waals surface area contributed by atoms with Gasteiger partial charge in [0.1, 0.15) is 6.04 Å². The van der Waals surface area contributed by atoms with Crippen LogP contribution in [0.4, 0.5) is 5.69 Å². The second-order valence-electron chi connectivity index (χ2n) is 8.59. The van der Waals surface area contributed by atoms with Gasteiger partial charge in [-0.2, -0.15) is 4.98 Å². The van der Waals surface area contributed by atoms with Gasteiger partial charge in [0.15, 0.2) is 0 Å². The molecule has 0 aliphatic carbocycles. The number of benzene rings is 1. The van der Waals surface area contributed by atoms with Crippen LogP contribution < -0.4 is 19.9 Å². The fraction of sp³-hybridized carbons (Fsp3) is 0.231. The molecule has 1 aliphatic heterocycles. The number of aryl methyl sites for hydroxylation is 2. The topological polar surface area (TPSA) is 91.5 Å². The molecule has 0 spiro atoms. The molecule has 0 N–H and O–H groups in total. The molecule has 0 radical (unpaired) electrons. The quantitative estimate of drug-likeness (QED) is 0.408. The minimum absolute atomic E-state index is 0.111. The summed E-state index contributed by atoms with van der Waals surface area (Å²) in [5, 5.41) is 0.598. The van der Waals surface area contributed by atoms with Crippen molar-refractivity contribution in [1.29, 1.82) is 0 Å². The predicted octanol–water partition coefficient (Wildman–Crippen LogP) is 3.91. The Bertz CT molecular complexity index is 1530. The molecule has 4 aromatic rings. The Kier molecular flexibility index (Phi) is 5.80. The smallest absolute Gasteiger partial charge is 0.319 e. The van der Waals surface area contributed by atoms with Crippen LogP contribution in [-0.2, 0) is 14.1 Å². The number of hydrogen-bond donors (Lipinski definition) is 0. The number of carbonyl (C=O) groups excluding carboxylic acids is 1. The summed E-state index contributed by atoms with van der Waals surface area (Å²) < 4.78 is 14.1. The van der Waals surface area contributed by atoms with E-state index in [1.165, 1.54) is 18.8 Å². The van der Waals surface area contributed by atoms with Crippen LogP contribution in [0.1, 0.15) is 33.2 Å². The molecular weight excluding hydrogens is 482 g/mol. The molecule has 9 nitrogen and oxygen atoms in total. The number of pyridine rings is 1. The van der Waals surface area contributed by atoms with E-state index in [0.29, 0.717) is 33.3 Å². The number of carbonyl (C=O) groups is 1. The minimum Gasteiger partial charge on any atom is -0.480 e. The number of methoxy groups -OCH3 is 2. The lowest BCUT2D eigenvalue weighted by Gasteiger charge is -2.28. The van der Waals surface area contributed by atoms with Gasteiger partial charge in [-0.1, -0.05) is 23.7 Å². The van der Waals surface area contributed by atoms with Crippen molar-refractivity contribution in [1.82, 2.24) is 19.1 Å². The maximum atomic E-state index is 13.9. The van der Waals surface area contributed by atoms with E-state index >= 15 is 0 Å². The van der Waals surface area contributed by atoms with E-state index in [2.05, 4.69) is 9.97 Å². The maximum Gasteiger partial charge on any atom is 0.319 e. The van der Waals surface area contributed by atoms with E-state index in [1.54, 1.807) is 49.5 Å². The molecule has 0 saturated heterocycles. The van der Waals surface area contributed by atoms with Gasteiger partial charge >= 0.3 is 6.01 Å². The maximum absolute atomic E-state index is 13.9. The summed E-state index contributed by atoms with van der Waals surface area (Å²) in [7, 11) is 6.57. The van der Waals surface area contributed by atoms with Crippen LogP contribution in [0.3, 0.4) is 0 Å². The van der Waals surface area contributed by atoms with E-state index < -0.39 is 6.04 Å². The number of hydrogen-bond acceptors (Lipinski definition) is 6. The minimum atomic E-state index is -0.453. The van der Waals surface area contributed by atoms with Gasteiger partial charge in [-0.25, -0.2) is 4.98 Å². The normalized spacial score (nSPS) is 14.8. The van der Waals surface area contributed by atoms with Gasteiger partial charge in [0, 0.05) is 37.1 Å². The lowest BCUT2D eigenvalue weighted by molar-refractivity contribution is 0.0993. The molecule has 5 rings (SSSR count). The molecule has 1 amide bonds. The number of nitrogens with zero attached hydrogens (tertiary/aromatic N) is 5. The molecular formula is C26H24ClN5O4. The molecule has 4 heterocycles. The Morgan fingerprint density at radius 3 is 2.36 bits per heavy atom. The zero-order valence-electron chi connectivity index (χ0n) is 20.4. The fourth-order valence-corrected chi connectivity index (χ4v) is 4.86. The van der Waals surface area contributed by atoms with Crippen molar-refractivity contribution in [2.24, 2.45) is 14.1 Å². The highest BCUT2D eigenvalue weighted by molar-refractivity contribution is 6.30. The number of halogens is 1. The summed E-state index contributed by atoms with van der Waals surface area (Å²) >= 11 is 6.17. The van der Waals surface area contributed by atoms with Gasteiger partial charge in [0.2, 0.25) is 5.88 Å². The fourth-order valence-electron chi connectivity index (χ4n) is 4.73. The molecule has 1 aromatic carbocycles. The first-order chi connectivity index (χ1) is 17.2. The molecule has 0 fully saturated rings. The zero-order chi connectivity index (χ0) is 25.7. The van der Waals surface area contributed by atoms with E-state index in [1.807, 2.05) is 29.8 Å². The largest absolute Gasteiger partial charge is 0.480 e. The lowest BCUT2D eigenvalue weighted by Crippen LogP contribution is -2.31. The number of rotatable bonds is 5. The standard InChI is InChI=1S/C26H24ClN5O4/c1-14-10-17(13-30(2)24(14)33)32-21(15-6-8-16(27)9-7-15)22-18(25(32)34)11-20(31(22)3)19-12-28-26(36-5)29-23(19)35-4/h6-13,21H,1-5H3/t21-/m1/s1. The second-order valence-corrected chi connectivity index (χ2v) is 9.03. The van der Waals surface area contributed by atoms with Crippen molar-refractivity contribution in [3.8, 4) is 23.1 Å². The molecule has 36 heavy (non-hydrogen) atoms. The molecule has 10 heteroatoms. The average Bonchev–Trinajstić information content (AvgIpc) is 3.36. The molecule has 3 aromatic heterocycles. The molecule has 1 atom stereocenters. The third kappa shape index (κ3) is 3.63. The van der Waals surface area contributed by atoms with Crippen LogP contribution in [0.5, 0.6) is 11.9 Å². The molecule has 0 bridgehead atoms. The van der Waals surface area contributed by atoms with Crippen LogP contribution in [-0.4, -0.2) is 39.2 Å². The van der Waals surface area contributed by atoms with Crippen LogP contribution in [0.15, 0.2) is 53.6 Å². The Hall–Kier alpha value is -4.11. The summed E-state index contributed by atoms with van der Waals surface area (Å²) in [5.74, 6) is 0.153. The van der Waals surface area contributed by atoms with Gasteiger partial charge in [-0.05, 0) is 36.8 Å². The van der Waals surface area contributed by atoms with Crippen molar-refractivity contribution >= 4 is 23.2 Å². The summed E-state index contributed by atoms with van der Waals surface area (Å²) in [6, 6.07) is 10.7. The molecule has 0 saturated carbocycles. The summed E-state index contributed by atoms with van der Waals surface area (Å²) in [5.41, 5.74) is 4.63. The van der Waals surface area contributed by atoms with Crippen LogP contribution in [0.2, 0.25) is 5.02 Å². The molecule has 0 unspecified atom stereocenters. The third-order valence-electron chi connectivity index (χ3n) is 6.44. The zero-order valence-corrected chi connectivity index (χ0v) is 21.2. The van der Waals surface area contributed by atoms with Gasteiger partial charge < -0.3 is 18.6 Å². The first-order valence-electron chi connectivity index (χ1n) is 11.2. The predicted molar refractivity (Wildman–Crippen MR) is 136 cm³/mol. The second kappa shape index (κ2) is 8.83. The van der Waals surface area contributed by atoms with Gasteiger partial charge in [0.25, 0.3) is 11.5 Å².